The molecule has 108 valence electrons. The van der Waals surface area contributed by atoms with Crippen molar-refractivity contribution in [2.75, 3.05) is 13.6 Å². The molecular weight excluding hydrogens is 272 g/mol. The van der Waals surface area contributed by atoms with Crippen LogP contribution in [0.1, 0.15) is 36.6 Å². The van der Waals surface area contributed by atoms with Gasteiger partial charge in [-0.05, 0) is 36.6 Å². The molecule has 0 spiro atoms. The number of rotatable bonds is 4. The molecule has 20 heavy (non-hydrogen) atoms. The van der Waals surface area contributed by atoms with Crippen LogP contribution in [0.5, 0.6) is 0 Å². The molecule has 0 aromatic carbocycles. The van der Waals surface area contributed by atoms with Crippen LogP contribution in [0.25, 0.3) is 0 Å². The summed E-state index contributed by atoms with van der Waals surface area (Å²) in [5.74, 6) is 0.562. The fourth-order valence-corrected chi connectivity index (χ4v) is 3.63. The van der Waals surface area contributed by atoms with Crippen LogP contribution in [0.4, 0.5) is 0 Å². The number of hydrogen-bond acceptors (Lipinski definition) is 3. The van der Waals surface area contributed by atoms with Crippen molar-refractivity contribution in [1.82, 2.24) is 10.2 Å². The molecule has 2 amide bonds. The molecule has 1 saturated heterocycles. The lowest BCUT2D eigenvalue weighted by Crippen LogP contribution is -2.43. The molecule has 0 unspecified atom stereocenters. The van der Waals surface area contributed by atoms with Crippen LogP contribution in [0.2, 0.25) is 0 Å². The Kier molecular flexibility index (Phi) is 3.78. The molecule has 1 aliphatic carbocycles. The van der Waals surface area contributed by atoms with Gasteiger partial charge in [0.2, 0.25) is 11.8 Å². The van der Waals surface area contributed by atoms with Crippen LogP contribution >= 0.6 is 11.3 Å². The number of piperidine rings is 1. The minimum Gasteiger partial charge on any atom is -0.348 e. The van der Waals surface area contributed by atoms with Crippen molar-refractivity contribution in [2.24, 2.45) is 11.8 Å². The highest BCUT2D eigenvalue weighted by atomic mass is 32.1. The predicted molar refractivity (Wildman–Crippen MR) is 78.3 cm³/mol. The molecule has 1 aromatic heterocycles. The summed E-state index contributed by atoms with van der Waals surface area (Å²) in [6.45, 7) is 0.685. The first-order valence-corrected chi connectivity index (χ1v) is 8.11. The van der Waals surface area contributed by atoms with Gasteiger partial charge < -0.3 is 10.2 Å². The summed E-state index contributed by atoms with van der Waals surface area (Å²) in [4.78, 5) is 27.1. The number of carbonyl (C=O) groups excluding carboxylic acids is 2. The summed E-state index contributed by atoms with van der Waals surface area (Å²) >= 11 is 1.70. The average Bonchev–Trinajstić information content (AvgIpc) is 3.13. The molecule has 2 fully saturated rings. The highest BCUT2D eigenvalue weighted by Crippen LogP contribution is 2.42. The van der Waals surface area contributed by atoms with E-state index in [0.717, 1.165) is 6.42 Å². The van der Waals surface area contributed by atoms with Gasteiger partial charge in [0.05, 0.1) is 6.04 Å². The Morgan fingerprint density at radius 3 is 2.85 bits per heavy atom. The topological polar surface area (TPSA) is 49.4 Å². The zero-order chi connectivity index (χ0) is 14.1. The minimum absolute atomic E-state index is 0.0525. The first-order valence-electron chi connectivity index (χ1n) is 7.23. The van der Waals surface area contributed by atoms with Gasteiger partial charge in [-0.15, -0.1) is 11.3 Å². The summed E-state index contributed by atoms with van der Waals surface area (Å²) in [5.41, 5.74) is 0. The monoisotopic (exact) mass is 292 g/mol. The van der Waals surface area contributed by atoms with Crippen molar-refractivity contribution in [2.45, 2.75) is 31.7 Å². The van der Waals surface area contributed by atoms with E-state index in [1.165, 1.54) is 17.7 Å². The number of amides is 2. The normalized spacial score (nSPS) is 24.6. The maximum absolute atomic E-state index is 12.4. The zero-order valence-electron chi connectivity index (χ0n) is 11.7. The standard InChI is InChI=1S/C15H20N2O2S/c1-17-7-6-11(9-13(17)18)15(19)16-14(10-4-5-10)12-3-2-8-20-12/h2-3,8,10-11,14H,4-7,9H2,1H3,(H,16,19)/t11-,14-/m0/s1. The molecule has 1 aliphatic heterocycles. The molecule has 4 nitrogen and oxygen atoms in total. The van der Waals surface area contributed by atoms with E-state index in [0.29, 0.717) is 18.9 Å². The molecule has 2 heterocycles. The van der Waals surface area contributed by atoms with Crippen molar-refractivity contribution >= 4 is 23.2 Å². The van der Waals surface area contributed by atoms with Gasteiger partial charge in [0.1, 0.15) is 0 Å². The van der Waals surface area contributed by atoms with Crippen molar-refractivity contribution in [3.63, 3.8) is 0 Å². The van der Waals surface area contributed by atoms with Crippen LogP contribution in [0.3, 0.4) is 0 Å². The van der Waals surface area contributed by atoms with Crippen molar-refractivity contribution in [1.29, 1.82) is 0 Å². The average molecular weight is 292 g/mol. The van der Waals surface area contributed by atoms with Crippen LogP contribution < -0.4 is 5.32 Å². The van der Waals surface area contributed by atoms with Crippen LogP contribution in [-0.2, 0) is 9.59 Å². The second-order valence-corrected chi connectivity index (χ2v) is 6.82. The maximum Gasteiger partial charge on any atom is 0.224 e. The molecule has 2 atom stereocenters. The molecule has 1 N–H and O–H groups in total. The Morgan fingerprint density at radius 2 is 2.25 bits per heavy atom. The van der Waals surface area contributed by atoms with E-state index in [4.69, 9.17) is 0 Å². The summed E-state index contributed by atoms with van der Waals surface area (Å²) in [7, 11) is 1.80. The van der Waals surface area contributed by atoms with Gasteiger partial charge in [0.25, 0.3) is 0 Å². The molecule has 5 heteroatoms. The zero-order valence-corrected chi connectivity index (χ0v) is 12.5. The maximum atomic E-state index is 12.4. The second kappa shape index (κ2) is 5.56. The summed E-state index contributed by atoms with van der Waals surface area (Å²) in [6.07, 6.45) is 3.50. The Balaban J connectivity index is 1.64. The first kappa shape index (κ1) is 13.6. The largest absolute Gasteiger partial charge is 0.348 e. The Labute approximate surface area is 123 Å². The number of likely N-dealkylation sites (tertiary alicyclic amines) is 1. The Morgan fingerprint density at radius 1 is 1.45 bits per heavy atom. The van der Waals surface area contributed by atoms with E-state index in [-0.39, 0.29) is 23.8 Å². The van der Waals surface area contributed by atoms with Gasteiger partial charge in [0, 0.05) is 30.8 Å². The Bertz CT molecular complexity index is 496. The molecule has 0 bridgehead atoms. The summed E-state index contributed by atoms with van der Waals surface area (Å²) in [6, 6.07) is 4.27. The van der Waals surface area contributed by atoms with Crippen molar-refractivity contribution < 1.29 is 9.59 Å². The van der Waals surface area contributed by atoms with Crippen LogP contribution in [0.15, 0.2) is 17.5 Å². The van der Waals surface area contributed by atoms with Gasteiger partial charge in [0.15, 0.2) is 0 Å². The third-order valence-corrected chi connectivity index (χ3v) is 5.23. The highest BCUT2D eigenvalue weighted by Gasteiger charge is 2.36. The fourth-order valence-electron chi connectivity index (χ4n) is 2.76. The van der Waals surface area contributed by atoms with E-state index in [2.05, 4.69) is 16.8 Å². The van der Waals surface area contributed by atoms with Crippen LogP contribution in [0, 0.1) is 11.8 Å². The third-order valence-electron chi connectivity index (χ3n) is 4.27. The van der Waals surface area contributed by atoms with Gasteiger partial charge in [-0.2, -0.15) is 0 Å². The Hall–Kier alpha value is -1.36. The van der Waals surface area contributed by atoms with Gasteiger partial charge in [-0.1, -0.05) is 6.07 Å². The highest BCUT2D eigenvalue weighted by molar-refractivity contribution is 7.10. The van der Waals surface area contributed by atoms with Crippen molar-refractivity contribution in [3.8, 4) is 0 Å². The lowest BCUT2D eigenvalue weighted by atomic mass is 9.95. The molecule has 1 saturated carbocycles. The van der Waals surface area contributed by atoms with E-state index >= 15 is 0 Å². The van der Waals surface area contributed by atoms with Crippen molar-refractivity contribution in [3.05, 3.63) is 22.4 Å². The summed E-state index contributed by atoms with van der Waals surface area (Å²) in [5, 5.41) is 5.24. The number of thiophene rings is 1. The lowest BCUT2D eigenvalue weighted by Gasteiger charge is -2.29. The first-order chi connectivity index (χ1) is 9.65. The van der Waals surface area contributed by atoms with Gasteiger partial charge in [-0.3, -0.25) is 9.59 Å². The van der Waals surface area contributed by atoms with Gasteiger partial charge >= 0.3 is 0 Å². The summed E-state index contributed by atoms with van der Waals surface area (Å²) < 4.78 is 0. The van der Waals surface area contributed by atoms with E-state index in [9.17, 15) is 9.59 Å². The number of nitrogens with zero attached hydrogens (tertiary/aromatic N) is 1. The molecular formula is C15H20N2O2S. The fraction of sp³-hybridized carbons (Fsp3) is 0.600. The van der Waals surface area contributed by atoms with Crippen LogP contribution in [-0.4, -0.2) is 30.3 Å². The number of carbonyl (C=O) groups is 2. The molecule has 1 aromatic rings. The quantitative estimate of drug-likeness (QED) is 0.924. The van der Waals surface area contributed by atoms with E-state index < -0.39 is 0 Å². The third kappa shape index (κ3) is 2.87. The van der Waals surface area contributed by atoms with Gasteiger partial charge in [-0.25, -0.2) is 0 Å². The molecule has 3 rings (SSSR count). The SMILES string of the molecule is CN1CC[C@H](C(=O)N[C@H](c2cccs2)C2CC2)CC1=O. The number of hydrogen-bond donors (Lipinski definition) is 1. The molecule has 0 radical (unpaired) electrons. The molecule has 2 aliphatic rings. The number of nitrogens with one attached hydrogen (secondary N) is 1. The lowest BCUT2D eigenvalue weighted by molar-refractivity contribution is -0.139. The smallest absolute Gasteiger partial charge is 0.224 e. The predicted octanol–water partition coefficient (Wildman–Crippen LogP) is 2.18. The second-order valence-electron chi connectivity index (χ2n) is 5.84. The van der Waals surface area contributed by atoms with E-state index in [1.807, 2.05) is 6.07 Å². The van der Waals surface area contributed by atoms with E-state index in [1.54, 1.807) is 23.3 Å². The minimum atomic E-state index is -0.153.